The first-order valence-corrected chi connectivity index (χ1v) is 8.11. The van der Waals surface area contributed by atoms with Crippen molar-refractivity contribution in [2.45, 2.75) is 51.5 Å². The molecule has 1 saturated carbocycles. The van der Waals surface area contributed by atoms with Crippen LogP contribution in [0, 0.1) is 5.92 Å². The Kier molecular flexibility index (Phi) is 3.21. The Morgan fingerprint density at radius 3 is 2.76 bits per heavy atom. The van der Waals surface area contributed by atoms with Crippen molar-refractivity contribution >= 4 is 0 Å². The minimum Gasteiger partial charge on any atom is -0.472 e. The molecule has 0 spiro atoms. The van der Waals surface area contributed by atoms with E-state index in [4.69, 9.17) is 4.42 Å². The lowest BCUT2D eigenvalue weighted by molar-refractivity contribution is 0.269. The van der Waals surface area contributed by atoms with Crippen molar-refractivity contribution in [1.82, 2.24) is 4.57 Å². The summed E-state index contributed by atoms with van der Waals surface area (Å²) in [5.41, 5.74) is 4.56. The van der Waals surface area contributed by atoms with Gasteiger partial charge in [0.05, 0.1) is 18.1 Å². The average Bonchev–Trinajstić information content (AvgIpc) is 2.98. The Labute approximate surface area is 124 Å². The molecule has 0 amide bonds. The molecule has 1 fully saturated rings. The Morgan fingerprint density at radius 2 is 2.05 bits per heavy atom. The lowest BCUT2D eigenvalue weighted by Gasteiger charge is -2.29. The van der Waals surface area contributed by atoms with Gasteiger partial charge in [-0.1, -0.05) is 6.42 Å². The summed E-state index contributed by atoms with van der Waals surface area (Å²) in [5.74, 6) is 0.702. The van der Waals surface area contributed by atoms with Crippen molar-refractivity contribution in [3.8, 4) is 11.1 Å². The molecule has 4 rings (SSSR count). The van der Waals surface area contributed by atoms with Gasteiger partial charge in [0.2, 0.25) is 0 Å². The normalized spacial score (nSPS) is 18.3. The molecule has 110 valence electrons. The van der Waals surface area contributed by atoms with Crippen LogP contribution in [0.3, 0.4) is 0 Å². The molecule has 0 unspecified atom stereocenters. The largest absolute Gasteiger partial charge is 0.472 e. The lowest BCUT2D eigenvalue weighted by atomic mass is 9.84. The van der Waals surface area contributed by atoms with E-state index < -0.39 is 0 Å². The van der Waals surface area contributed by atoms with Crippen molar-refractivity contribution in [2.24, 2.45) is 5.92 Å². The predicted molar refractivity (Wildman–Crippen MR) is 82.4 cm³/mol. The van der Waals surface area contributed by atoms with Gasteiger partial charge in [-0.15, -0.1) is 0 Å². The van der Waals surface area contributed by atoms with Crippen LogP contribution >= 0.6 is 0 Å². The Hall–Kier alpha value is -1.77. The Morgan fingerprint density at radius 1 is 1.19 bits per heavy atom. The Balaban J connectivity index is 1.85. The van der Waals surface area contributed by atoms with Gasteiger partial charge >= 0.3 is 0 Å². The predicted octanol–water partition coefficient (Wildman–Crippen LogP) is 3.79. The highest BCUT2D eigenvalue weighted by Crippen LogP contribution is 2.30. The van der Waals surface area contributed by atoms with E-state index in [1.54, 1.807) is 12.5 Å². The highest BCUT2D eigenvalue weighted by molar-refractivity contribution is 5.62. The average molecular weight is 283 g/mol. The van der Waals surface area contributed by atoms with Crippen molar-refractivity contribution in [1.29, 1.82) is 0 Å². The Bertz CT molecular complexity index is 693. The zero-order valence-corrected chi connectivity index (χ0v) is 12.3. The summed E-state index contributed by atoms with van der Waals surface area (Å²) in [6, 6.07) is 4.00. The smallest absolute Gasteiger partial charge is 0.258 e. The summed E-state index contributed by atoms with van der Waals surface area (Å²) >= 11 is 0. The van der Waals surface area contributed by atoms with Crippen LogP contribution < -0.4 is 5.56 Å². The molecule has 2 aromatic heterocycles. The molecule has 21 heavy (non-hydrogen) atoms. The molecule has 0 aliphatic heterocycles. The number of nitrogens with zero attached hydrogens (tertiary/aromatic N) is 1. The molecule has 0 atom stereocenters. The molecule has 0 radical (unpaired) electrons. The number of aryl methyl sites for hydroxylation is 1. The van der Waals surface area contributed by atoms with Crippen LogP contribution in [-0.4, -0.2) is 4.57 Å². The number of rotatable bonds is 3. The highest BCUT2D eigenvalue weighted by Gasteiger charge is 2.23. The topological polar surface area (TPSA) is 35.1 Å². The van der Waals surface area contributed by atoms with Crippen molar-refractivity contribution in [3.05, 3.63) is 46.3 Å². The molecule has 0 saturated heterocycles. The molecule has 3 heteroatoms. The van der Waals surface area contributed by atoms with E-state index in [0.29, 0.717) is 5.92 Å². The summed E-state index contributed by atoms with van der Waals surface area (Å²) in [7, 11) is 0. The third-order valence-electron chi connectivity index (χ3n) is 5.10. The lowest BCUT2D eigenvalue weighted by Crippen LogP contribution is -2.32. The molecule has 0 aromatic carbocycles. The summed E-state index contributed by atoms with van der Waals surface area (Å²) in [6.07, 6.45) is 11.8. The number of hydrogen-bond donors (Lipinski definition) is 0. The second-order valence-corrected chi connectivity index (χ2v) is 6.46. The number of hydrogen-bond acceptors (Lipinski definition) is 2. The molecule has 2 aliphatic carbocycles. The van der Waals surface area contributed by atoms with Gasteiger partial charge in [0.15, 0.2) is 0 Å². The van der Waals surface area contributed by atoms with Gasteiger partial charge in [0.25, 0.3) is 5.56 Å². The van der Waals surface area contributed by atoms with Crippen LogP contribution in [0.25, 0.3) is 11.1 Å². The van der Waals surface area contributed by atoms with Crippen LogP contribution in [0.5, 0.6) is 0 Å². The van der Waals surface area contributed by atoms with Gasteiger partial charge in [-0.25, -0.2) is 0 Å². The minimum atomic E-state index is 0.170. The van der Waals surface area contributed by atoms with E-state index in [9.17, 15) is 4.79 Å². The van der Waals surface area contributed by atoms with Gasteiger partial charge in [-0.3, -0.25) is 4.79 Å². The molecule has 2 heterocycles. The van der Waals surface area contributed by atoms with Gasteiger partial charge in [-0.05, 0) is 62.1 Å². The maximum atomic E-state index is 12.9. The molecular weight excluding hydrogens is 262 g/mol. The van der Waals surface area contributed by atoms with E-state index in [1.165, 1.54) is 43.4 Å². The number of aromatic nitrogens is 1. The number of fused-ring (bicyclic) bond motifs is 1. The number of furan rings is 1. The summed E-state index contributed by atoms with van der Waals surface area (Å²) in [5, 5.41) is 0. The fourth-order valence-corrected chi connectivity index (χ4v) is 3.63. The van der Waals surface area contributed by atoms with Crippen LogP contribution in [0.15, 0.2) is 33.9 Å². The first-order chi connectivity index (χ1) is 10.3. The second-order valence-electron chi connectivity index (χ2n) is 6.46. The summed E-state index contributed by atoms with van der Waals surface area (Å²) in [4.78, 5) is 12.9. The van der Waals surface area contributed by atoms with E-state index >= 15 is 0 Å². The third-order valence-corrected chi connectivity index (χ3v) is 5.10. The van der Waals surface area contributed by atoms with Gasteiger partial charge in [0.1, 0.15) is 0 Å². The van der Waals surface area contributed by atoms with Crippen LogP contribution in [0.4, 0.5) is 0 Å². The van der Waals surface area contributed by atoms with Crippen molar-refractivity contribution < 1.29 is 4.42 Å². The number of pyridine rings is 1. The van der Waals surface area contributed by atoms with E-state index in [0.717, 1.165) is 30.5 Å². The third kappa shape index (κ3) is 2.25. The van der Waals surface area contributed by atoms with E-state index in [2.05, 4.69) is 10.6 Å². The van der Waals surface area contributed by atoms with Crippen LogP contribution in [-0.2, 0) is 19.4 Å². The van der Waals surface area contributed by atoms with E-state index in [-0.39, 0.29) is 5.56 Å². The monoisotopic (exact) mass is 283 g/mol. The maximum absolute atomic E-state index is 12.9. The minimum absolute atomic E-state index is 0.170. The summed E-state index contributed by atoms with van der Waals surface area (Å²) < 4.78 is 7.26. The SMILES string of the molecule is O=c1c(-c2ccoc2)cc2c(n1CC1CCC1)CCCC2. The van der Waals surface area contributed by atoms with E-state index in [1.807, 2.05) is 6.07 Å². The molecule has 0 bridgehead atoms. The molecular formula is C18H21NO2. The van der Waals surface area contributed by atoms with Gasteiger partial charge in [0, 0.05) is 17.8 Å². The molecule has 2 aromatic rings. The zero-order valence-electron chi connectivity index (χ0n) is 12.3. The van der Waals surface area contributed by atoms with Crippen molar-refractivity contribution in [2.75, 3.05) is 0 Å². The first kappa shape index (κ1) is 12.9. The fourth-order valence-electron chi connectivity index (χ4n) is 3.63. The van der Waals surface area contributed by atoms with Gasteiger partial charge < -0.3 is 8.98 Å². The molecule has 2 aliphatic rings. The first-order valence-electron chi connectivity index (χ1n) is 8.11. The maximum Gasteiger partial charge on any atom is 0.258 e. The van der Waals surface area contributed by atoms with Gasteiger partial charge in [-0.2, -0.15) is 0 Å². The summed E-state index contributed by atoms with van der Waals surface area (Å²) in [6.45, 7) is 0.910. The fraction of sp³-hybridized carbons (Fsp3) is 0.500. The van der Waals surface area contributed by atoms with Crippen LogP contribution in [0.1, 0.15) is 43.4 Å². The quantitative estimate of drug-likeness (QED) is 0.859. The highest BCUT2D eigenvalue weighted by atomic mass is 16.3. The van der Waals surface area contributed by atoms with Crippen LogP contribution in [0.2, 0.25) is 0 Å². The standard InChI is InChI=1S/C18H21NO2/c20-18-16(15-8-9-21-12-15)10-14-6-1-2-7-17(14)19(18)11-13-4-3-5-13/h8-10,12-13H,1-7,11H2. The van der Waals surface area contributed by atoms with Crippen molar-refractivity contribution in [3.63, 3.8) is 0 Å². The zero-order chi connectivity index (χ0) is 14.2. The molecule has 3 nitrogen and oxygen atoms in total. The molecule has 0 N–H and O–H groups in total. The second kappa shape index (κ2) is 5.21.